The quantitative estimate of drug-likeness (QED) is 0.439. The highest BCUT2D eigenvalue weighted by Crippen LogP contribution is 2.25. The van der Waals surface area contributed by atoms with E-state index in [1.165, 1.54) is 32.1 Å². The maximum absolute atomic E-state index is 10.3. The first-order chi connectivity index (χ1) is 5.33. The van der Waals surface area contributed by atoms with Crippen LogP contribution in [0.2, 0.25) is 0 Å². The van der Waals surface area contributed by atoms with Gasteiger partial charge in [-0.2, -0.15) is 0 Å². The van der Waals surface area contributed by atoms with E-state index in [4.69, 9.17) is 0 Å². The van der Waals surface area contributed by atoms with Crippen LogP contribution in [0.5, 0.6) is 0 Å². The molecule has 0 amide bonds. The molecule has 1 fully saturated rings. The van der Waals surface area contributed by atoms with E-state index in [0.717, 1.165) is 11.9 Å². The summed E-state index contributed by atoms with van der Waals surface area (Å²) in [5, 5.41) is 0. The molecule has 1 rings (SSSR count). The molecular formula is C10H16O. The van der Waals surface area contributed by atoms with Crippen LogP contribution < -0.4 is 0 Å². The van der Waals surface area contributed by atoms with Crippen molar-refractivity contribution in [1.82, 2.24) is 0 Å². The Labute approximate surface area is 68.5 Å². The van der Waals surface area contributed by atoms with E-state index in [-0.39, 0.29) is 0 Å². The number of allylic oxidation sites excluding steroid dienone is 2. The van der Waals surface area contributed by atoms with Crippen molar-refractivity contribution in [3.63, 3.8) is 0 Å². The number of aldehydes is 1. The van der Waals surface area contributed by atoms with Crippen molar-refractivity contribution in [2.75, 3.05) is 0 Å². The van der Waals surface area contributed by atoms with Crippen LogP contribution in [-0.4, -0.2) is 6.29 Å². The highest BCUT2D eigenvalue weighted by Gasteiger charge is 2.10. The maximum atomic E-state index is 10.3. The summed E-state index contributed by atoms with van der Waals surface area (Å²) in [6, 6.07) is 0. The van der Waals surface area contributed by atoms with Crippen molar-refractivity contribution in [3.8, 4) is 0 Å². The van der Waals surface area contributed by atoms with Crippen LogP contribution in [0, 0.1) is 5.92 Å². The Morgan fingerprint density at radius 2 is 1.91 bits per heavy atom. The number of rotatable bonds is 2. The van der Waals surface area contributed by atoms with Crippen LogP contribution in [0.4, 0.5) is 0 Å². The first kappa shape index (κ1) is 8.51. The van der Waals surface area contributed by atoms with Crippen molar-refractivity contribution in [1.29, 1.82) is 0 Å². The Morgan fingerprint density at radius 3 is 2.45 bits per heavy atom. The highest BCUT2D eigenvalue weighted by molar-refractivity contribution is 5.72. The Morgan fingerprint density at radius 1 is 1.27 bits per heavy atom. The summed E-state index contributed by atoms with van der Waals surface area (Å²) in [7, 11) is 0. The van der Waals surface area contributed by atoms with Crippen molar-refractivity contribution in [2.45, 2.75) is 39.0 Å². The average Bonchev–Trinajstić information content (AvgIpc) is 2.06. The van der Waals surface area contributed by atoms with Gasteiger partial charge in [-0.05, 0) is 31.3 Å². The first-order valence-corrected chi connectivity index (χ1v) is 4.46. The summed E-state index contributed by atoms with van der Waals surface area (Å²) in [5.41, 5.74) is 0.900. The fraction of sp³-hybridized carbons (Fsp3) is 0.700. The van der Waals surface area contributed by atoms with E-state index in [2.05, 4.69) is 6.08 Å². The van der Waals surface area contributed by atoms with Crippen LogP contribution in [0.15, 0.2) is 11.6 Å². The molecule has 0 unspecified atom stereocenters. The molecule has 0 aromatic heterocycles. The second-order valence-electron chi connectivity index (χ2n) is 3.43. The largest absolute Gasteiger partial charge is 0.298 e. The fourth-order valence-corrected chi connectivity index (χ4v) is 1.71. The molecule has 0 spiro atoms. The van der Waals surface area contributed by atoms with E-state index in [1.807, 2.05) is 6.92 Å². The number of carbonyl (C=O) groups excluding carboxylic acids is 1. The molecule has 1 saturated carbocycles. The van der Waals surface area contributed by atoms with E-state index in [9.17, 15) is 4.79 Å². The second-order valence-corrected chi connectivity index (χ2v) is 3.43. The Kier molecular flexibility index (Phi) is 3.34. The van der Waals surface area contributed by atoms with Gasteiger partial charge in [0.2, 0.25) is 0 Å². The number of hydrogen-bond donors (Lipinski definition) is 0. The molecule has 1 aliphatic carbocycles. The lowest BCUT2D eigenvalue weighted by Crippen LogP contribution is -2.03. The maximum Gasteiger partial charge on any atom is 0.145 e. The molecular weight excluding hydrogens is 136 g/mol. The van der Waals surface area contributed by atoms with Gasteiger partial charge in [0.25, 0.3) is 0 Å². The van der Waals surface area contributed by atoms with Gasteiger partial charge >= 0.3 is 0 Å². The highest BCUT2D eigenvalue weighted by atomic mass is 16.1. The molecule has 0 bridgehead atoms. The molecule has 0 saturated heterocycles. The zero-order valence-electron chi connectivity index (χ0n) is 7.18. The standard InChI is InChI=1S/C10H16O/c1-9(8-11)7-10-5-3-2-4-6-10/h7-8,10H,2-6H2,1H3. The molecule has 0 heterocycles. The van der Waals surface area contributed by atoms with Crippen LogP contribution in [0.25, 0.3) is 0 Å². The van der Waals surface area contributed by atoms with Gasteiger partial charge in [-0.25, -0.2) is 0 Å². The normalized spacial score (nSPS) is 21.7. The van der Waals surface area contributed by atoms with Crippen LogP contribution in [0.1, 0.15) is 39.0 Å². The fourth-order valence-electron chi connectivity index (χ4n) is 1.71. The van der Waals surface area contributed by atoms with Gasteiger partial charge < -0.3 is 0 Å². The van der Waals surface area contributed by atoms with Gasteiger partial charge in [-0.15, -0.1) is 0 Å². The average molecular weight is 152 g/mol. The van der Waals surface area contributed by atoms with Gasteiger partial charge in [-0.3, -0.25) is 4.79 Å². The van der Waals surface area contributed by atoms with Gasteiger partial charge in [0.05, 0.1) is 0 Å². The third-order valence-electron chi connectivity index (χ3n) is 2.33. The second kappa shape index (κ2) is 4.32. The molecule has 62 valence electrons. The molecule has 0 atom stereocenters. The number of hydrogen-bond acceptors (Lipinski definition) is 1. The third kappa shape index (κ3) is 2.87. The molecule has 1 nitrogen and oxygen atoms in total. The van der Waals surface area contributed by atoms with Gasteiger partial charge in [0.1, 0.15) is 6.29 Å². The number of carbonyl (C=O) groups is 1. The zero-order valence-corrected chi connectivity index (χ0v) is 7.18. The van der Waals surface area contributed by atoms with Crippen LogP contribution in [0.3, 0.4) is 0 Å². The summed E-state index contributed by atoms with van der Waals surface area (Å²) >= 11 is 0. The molecule has 1 heteroatoms. The van der Waals surface area contributed by atoms with Crippen molar-refractivity contribution >= 4 is 6.29 Å². The van der Waals surface area contributed by atoms with Crippen LogP contribution in [-0.2, 0) is 4.79 Å². The molecule has 0 radical (unpaired) electrons. The lowest BCUT2D eigenvalue weighted by Gasteiger charge is -2.17. The third-order valence-corrected chi connectivity index (χ3v) is 2.33. The van der Waals surface area contributed by atoms with E-state index < -0.39 is 0 Å². The predicted octanol–water partition coefficient (Wildman–Crippen LogP) is 2.71. The molecule has 1 aliphatic rings. The lowest BCUT2D eigenvalue weighted by atomic mass is 9.88. The van der Waals surface area contributed by atoms with Crippen LogP contribution >= 0.6 is 0 Å². The topological polar surface area (TPSA) is 17.1 Å². The summed E-state index contributed by atoms with van der Waals surface area (Å²) in [5.74, 6) is 0.689. The van der Waals surface area contributed by atoms with E-state index in [1.54, 1.807) is 0 Å². The van der Waals surface area contributed by atoms with Crippen molar-refractivity contribution in [2.24, 2.45) is 5.92 Å². The van der Waals surface area contributed by atoms with Crippen molar-refractivity contribution in [3.05, 3.63) is 11.6 Å². The minimum Gasteiger partial charge on any atom is -0.298 e. The summed E-state index contributed by atoms with van der Waals surface area (Å²) < 4.78 is 0. The molecule has 0 aromatic carbocycles. The SMILES string of the molecule is CC(C=O)=CC1CCCCC1. The Hall–Kier alpha value is -0.590. The van der Waals surface area contributed by atoms with E-state index >= 15 is 0 Å². The molecule has 0 aromatic rings. The zero-order chi connectivity index (χ0) is 8.10. The Bertz CT molecular complexity index is 152. The minimum atomic E-state index is 0.689. The lowest BCUT2D eigenvalue weighted by molar-refractivity contribution is -0.104. The summed E-state index contributed by atoms with van der Waals surface area (Å²) in [6.07, 6.45) is 9.71. The van der Waals surface area contributed by atoms with Gasteiger partial charge in [-0.1, -0.05) is 25.3 Å². The molecule has 0 N–H and O–H groups in total. The first-order valence-electron chi connectivity index (χ1n) is 4.46. The molecule has 11 heavy (non-hydrogen) atoms. The smallest absolute Gasteiger partial charge is 0.145 e. The predicted molar refractivity (Wildman–Crippen MR) is 46.4 cm³/mol. The minimum absolute atomic E-state index is 0.689. The van der Waals surface area contributed by atoms with Crippen molar-refractivity contribution < 1.29 is 4.79 Å². The Balaban J connectivity index is 2.40. The summed E-state index contributed by atoms with van der Waals surface area (Å²) in [6.45, 7) is 1.89. The monoisotopic (exact) mass is 152 g/mol. The van der Waals surface area contributed by atoms with Gasteiger partial charge in [0, 0.05) is 0 Å². The summed E-state index contributed by atoms with van der Waals surface area (Å²) in [4.78, 5) is 10.3. The molecule has 0 aliphatic heterocycles. The van der Waals surface area contributed by atoms with Gasteiger partial charge in [0.15, 0.2) is 0 Å². The van der Waals surface area contributed by atoms with E-state index in [0.29, 0.717) is 5.92 Å².